The maximum absolute atomic E-state index is 13.0. The van der Waals surface area contributed by atoms with E-state index in [1.54, 1.807) is 4.90 Å². The first-order valence-corrected chi connectivity index (χ1v) is 9.65. The quantitative estimate of drug-likeness (QED) is 0.878. The van der Waals surface area contributed by atoms with E-state index in [2.05, 4.69) is 17.0 Å². The summed E-state index contributed by atoms with van der Waals surface area (Å²) >= 11 is 0. The minimum absolute atomic E-state index is 0.0733. The second kappa shape index (κ2) is 7.60. The molecule has 1 spiro atoms. The van der Waals surface area contributed by atoms with Crippen molar-refractivity contribution in [2.75, 3.05) is 19.7 Å². The minimum atomic E-state index is -0.985. The molecule has 6 nitrogen and oxygen atoms in total. The van der Waals surface area contributed by atoms with Crippen LogP contribution in [0.1, 0.15) is 45.6 Å². The third-order valence-electron chi connectivity index (χ3n) is 5.38. The van der Waals surface area contributed by atoms with Crippen molar-refractivity contribution in [3.63, 3.8) is 0 Å². The summed E-state index contributed by atoms with van der Waals surface area (Å²) in [4.78, 5) is 28.6. The third-order valence-corrected chi connectivity index (χ3v) is 5.38. The fourth-order valence-corrected chi connectivity index (χ4v) is 4.07. The van der Waals surface area contributed by atoms with E-state index in [0.717, 1.165) is 19.6 Å². The Balaban J connectivity index is 1.72. The molecule has 2 saturated heterocycles. The highest BCUT2D eigenvalue weighted by Gasteiger charge is 2.53. The first kappa shape index (κ1) is 19.8. The highest BCUT2D eigenvalue weighted by molar-refractivity contribution is 5.85. The fraction of sp³-hybridized carbons (Fsp3) is 0.619. The van der Waals surface area contributed by atoms with Crippen LogP contribution in [0.5, 0.6) is 0 Å². The average Bonchev–Trinajstić information content (AvgIpc) is 2.96. The Morgan fingerprint density at radius 1 is 1.19 bits per heavy atom. The molecular formula is C21H30N2O4. The van der Waals surface area contributed by atoms with Crippen molar-refractivity contribution < 1.29 is 19.4 Å². The van der Waals surface area contributed by atoms with Crippen molar-refractivity contribution in [2.45, 2.75) is 58.3 Å². The van der Waals surface area contributed by atoms with E-state index in [1.807, 2.05) is 39.0 Å². The molecule has 0 aliphatic carbocycles. The Bertz CT molecular complexity index is 675. The summed E-state index contributed by atoms with van der Waals surface area (Å²) in [7, 11) is 0. The number of nitrogens with zero attached hydrogens (tertiary/aromatic N) is 2. The molecule has 1 atom stereocenters. The summed E-state index contributed by atoms with van der Waals surface area (Å²) < 4.78 is 6.00. The van der Waals surface area contributed by atoms with Gasteiger partial charge in [0.15, 0.2) is 6.04 Å². The van der Waals surface area contributed by atoms with Crippen molar-refractivity contribution in [1.29, 1.82) is 0 Å². The van der Waals surface area contributed by atoms with Gasteiger partial charge in [0.2, 0.25) is 5.91 Å². The highest BCUT2D eigenvalue weighted by atomic mass is 16.5. The monoisotopic (exact) mass is 374 g/mol. The summed E-state index contributed by atoms with van der Waals surface area (Å²) in [6, 6.07) is 9.40. The molecular weight excluding hydrogens is 344 g/mol. The summed E-state index contributed by atoms with van der Waals surface area (Å²) in [5, 5.41) is 9.61. The van der Waals surface area contributed by atoms with Crippen LogP contribution < -0.4 is 0 Å². The number of carboxylic acids is 1. The SMILES string of the molecule is CC(C)(C)CC(=O)N1[C@@H](C(=O)O)COC12CCN(Cc1ccccc1)CC2. The molecule has 27 heavy (non-hydrogen) atoms. The van der Waals surface area contributed by atoms with Gasteiger partial charge in [0.05, 0.1) is 6.61 Å². The number of piperidine rings is 1. The van der Waals surface area contributed by atoms with Gasteiger partial charge in [-0.25, -0.2) is 4.79 Å². The van der Waals surface area contributed by atoms with Gasteiger partial charge in [-0.05, 0) is 11.0 Å². The Hall–Kier alpha value is -1.92. The van der Waals surface area contributed by atoms with E-state index in [0.29, 0.717) is 19.3 Å². The van der Waals surface area contributed by atoms with Crippen LogP contribution >= 0.6 is 0 Å². The Morgan fingerprint density at radius 3 is 2.37 bits per heavy atom. The maximum Gasteiger partial charge on any atom is 0.328 e. The maximum atomic E-state index is 13.0. The van der Waals surface area contributed by atoms with Gasteiger partial charge in [-0.2, -0.15) is 0 Å². The average molecular weight is 374 g/mol. The first-order valence-electron chi connectivity index (χ1n) is 9.65. The summed E-state index contributed by atoms with van der Waals surface area (Å²) in [6.07, 6.45) is 1.59. The van der Waals surface area contributed by atoms with Crippen molar-refractivity contribution in [3.8, 4) is 0 Å². The largest absolute Gasteiger partial charge is 0.480 e. The van der Waals surface area contributed by atoms with Gasteiger partial charge in [-0.3, -0.25) is 14.6 Å². The molecule has 148 valence electrons. The van der Waals surface area contributed by atoms with Gasteiger partial charge in [-0.1, -0.05) is 51.1 Å². The van der Waals surface area contributed by atoms with Crippen LogP contribution in [-0.4, -0.2) is 58.2 Å². The summed E-state index contributed by atoms with van der Waals surface area (Å²) in [6.45, 7) is 8.46. The van der Waals surface area contributed by atoms with Gasteiger partial charge >= 0.3 is 5.97 Å². The lowest BCUT2D eigenvalue weighted by Crippen LogP contribution is -2.58. The number of likely N-dealkylation sites (tertiary alicyclic amines) is 1. The fourth-order valence-electron chi connectivity index (χ4n) is 4.07. The van der Waals surface area contributed by atoms with E-state index in [4.69, 9.17) is 4.74 Å². The zero-order valence-electron chi connectivity index (χ0n) is 16.5. The summed E-state index contributed by atoms with van der Waals surface area (Å²) in [5.74, 6) is -1.11. The number of hydrogen-bond donors (Lipinski definition) is 1. The molecule has 0 radical (unpaired) electrons. The number of carbonyl (C=O) groups excluding carboxylic acids is 1. The van der Waals surface area contributed by atoms with Crippen molar-refractivity contribution >= 4 is 11.9 Å². The topological polar surface area (TPSA) is 70.1 Å². The Labute approximate surface area is 161 Å². The van der Waals surface area contributed by atoms with E-state index in [-0.39, 0.29) is 17.9 Å². The number of ether oxygens (including phenoxy) is 1. The number of rotatable bonds is 4. The zero-order chi connectivity index (χ0) is 19.7. The van der Waals surface area contributed by atoms with Crippen LogP contribution in [0.4, 0.5) is 0 Å². The van der Waals surface area contributed by atoms with Gasteiger partial charge in [-0.15, -0.1) is 0 Å². The lowest BCUT2D eigenvalue weighted by atomic mass is 9.89. The van der Waals surface area contributed by atoms with Gasteiger partial charge in [0.1, 0.15) is 5.72 Å². The molecule has 6 heteroatoms. The lowest BCUT2D eigenvalue weighted by Gasteiger charge is -2.45. The standard InChI is InChI=1S/C21H30N2O4/c1-20(2,3)13-18(24)23-17(19(25)26)15-27-21(23)9-11-22(12-10-21)14-16-7-5-4-6-8-16/h4-8,17H,9-15H2,1-3H3,(H,25,26)/t17-/m1/s1. The van der Waals surface area contributed by atoms with Crippen LogP contribution in [-0.2, 0) is 20.9 Å². The Morgan fingerprint density at radius 2 is 1.81 bits per heavy atom. The van der Waals surface area contributed by atoms with E-state index >= 15 is 0 Å². The lowest BCUT2D eigenvalue weighted by molar-refractivity contribution is -0.167. The predicted molar refractivity (Wildman–Crippen MR) is 102 cm³/mol. The molecule has 0 bridgehead atoms. The number of amides is 1. The number of benzene rings is 1. The van der Waals surface area contributed by atoms with Crippen molar-refractivity contribution in [1.82, 2.24) is 9.80 Å². The molecule has 1 N–H and O–H groups in total. The molecule has 2 aliphatic rings. The molecule has 3 rings (SSSR count). The normalized spacial score (nSPS) is 22.9. The van der Waals surface area contributed by atoms with Crippen LogP contribution in [0.15, 0.2) is 30.3 Å². The highest BCUT2D eigenvalue weighted by Crippen LogP contribution is 2.39. The van der Waals surface area contributed by atoms with E-state index in [1.165, 1.54) is 5.56 Å². The van der Waals surface area contributed by atoms with Gasteiger partial charge in [0, 0.05) is 38.9 Å². The van der Waals surface area contributed by atoms with Crippen molar-refractivity contribution in [3.05, 3.63) is 35.9 Å². The second-order valence-electron chi connectivity index (χ2n) is 8.87. The third kappa shape index (κ3) is 4.50. The molecule has 0 unspecified atom stereocenters. The predicted octanol–water partition coefficient (Wildman–Crippen LogP) is 2.73. The molecule has 1 aromatic carbocycles. The first-order chi connectivity index (χ1) is 12.7. The second-order valence-corrected chi connectivity index (χ2v) is 8.87. The smallest absolute Gasteiger partial charge is 0.328 e. The van der Waals surface area contributed by atoms with E-state index in [9.17, 15) is 14.7 Å². The number of carboxylic acid groups (broad SMARTS) is 1. The zero-order valence-corrected chi connectivity index (χ0v) is 16.5. The number of carbonyl (C=O) groups is 2. The number of aliphatic carboxylic acids is 1. The van der Waals surface area contributed by atoms with Gasteiger partial charge < -0.3 is 9.84 Å². The van der Waals surface area contributed by atoms with Crippen LogP contribution in [0, 0.1) is 5.41 Å². The van der Waals surface area contributed by atoms with Crippen LogP contribution in [0.3, 0.4) is 0 Å². The Kier molecular flexibility index (Phi) is 5.58. The molecule has 2 fully saturated rings. The van der Waals surface area contributed by atoms with Crippen LogP contribution in [0.2, 0.25) is 0 Å². The molecule has 1 amide bonds. The van der Waals surface area contributed by atoms with Crippen LogP contribution in [0.25, 0.3) is 0 Å². The minimum Gasteiger partial charge on any atom is -0.480 e. The molecule has 2 heterocycles. The number of hydrogen-bond acceptors (Lipinski definition) is 4. The van der Waals surface area contributed by atoms with E-state index < -0.39 is 17.7 Å². The molecule has 1 aromatic rings. The van der Waals surface area contributed by atoms with Gasteiger partial charge in [0.25, 0.3) is 0 Å². The van der Waals surface area contributed by atoms with Crippen molar-refractivity contribution in [2.24, 2.45) is 5.41 Å². The summed E-state index contributed by atoms with van der Waals surface area (Å²) in [5.41, 5.74) is 0.279. The molecule has 0 saturated carbocycles. The molecule has 2 aliphatic heterocycles. The molecule has 0 aromatic heterocycles.